The second-order valence-corrected chi connectivity index (χ2v) is 4.02. The van der Waals surface area contributed by atoms with Gasteiger partial charge in [-0.2, -0.15) is 0 Å². The Labute approximate surface area is 109 Å². The standard InChI is InChI=1S/C13H10ClNO3/c1-18-10-4-9(6-15-7-10)8-2-3-12(14)11(5-8)13(16)17/h2-7H,1H3,(H,16,17). The molecule has 0 radical (unpaired) electrons. The summed E-state index contributed by atoms with van der Waals surface area (Å²) in [5.74, 6) is -0.447. The molecule has 0 aliphatic rings. The molecule has 0 saturated carbocycles. The van der Waals surface area contributed by atoms with E-state index in [4.69, 9.17) is 21.4 Å². The van der Waals surface area contributed by atoms with Gasteiger partial charge in [0.25, 0.3) is 0 Å². The average molecular weight is 264 g/mol. The van der Waals surface area contributed by atoms with Crippen molar-refractivity contribution in [1.82, 2.24) is 4.98 Å². The number of carbonyl (C=O) groups is 1. The van der Waals surface area contributed by atoms with Crippen molar-refractivity contribution in [2.75, 3.05) is 7.11 Å². The monoisotopic (exact) mass is 263 g/mol. The molecule has 0 spiro atoms. The van der Waals surface area contributed by atoms with Gasteiger partial charge in [0, 0.05) is 11.8 Å². The maximum atomic E-state index is 11.0. The zero-order valence-corrected chi connectivity index (χ0v) is 10.3. The van der Waals surface area contributed by atoms with Gasteiger partial charge in [-0.25, -0.2) is 4.79 Å². The van der Waals surface area contributed by atoms with Gasteiger partial charge in [0.15, 0.2) is 0 Å². The van der Waals surface area contributed by atoms with Crippen LogP contribution in [0, 0.1) is 0 Å². The molecule has 18 heavy (non-hydrogen) atoms. The molecule has 1 N–H and O–H groups in total. The zero-order chi connectivity index (χ0) is 13.1. The van der Waals surface area contributed by atoms with Crippen molar-refractivity contribution in [2.45, 2.75) is 0 Å². The third-order valence-electron chi connectivity index (χ3n) is 2.48. The van der Waals surface area contributed by atoms with E-state index in [0.29, 0.717) is 5.75 Å². The molecule has 1 aromatic carbocycles. The van der Waals surface area contributed by atoms with Gasteiger partial charge in [0.2, 0.25) is 0 Å². The molecule has 0 atom stereocenters. The lowest BCUT2D eigenvalue weighted by atomic mass is 10.0. The van der Waals surface area contributed by atoms with Crippen molar-refractivity contribution in [3.05, 3.63) is 47.2 Å². The van der Waals surface area contributed by atoms with E-state index in [2.05, 4.69) is 4.98 Å². The molecule has 0 aliphatic carbocycles. The third-order valence-corrected chi connectivity index (χ3v) is 2.81. The fourth-order valence-electron chi connectivity index (χ4n) is 1.56. The number of aromatic carboxylic acids is 1. The number of aromatic nitrogens is 1. The maximum Gasteiger partial charge on any atom is 0.337 e. The molecule has 92 valence electrons. The second-order valence-electron chi connectivity index (χ2n) is 3.61. The van der Waals surface area contributed by atoms with Gasteiger partial charge >= 0.3 is 5.97 Å². The highest BCUT2D eigenvalue weighted by Crippen LogP contribution is 2.26. The van der Waals surface area contributed by atoms with E-state index in [0.717, 1.165) is 11.1 Å². The van der Waals surface area contributed by atoms with Crippen LogP contribution in [0.1, 0.15) is 10.4 Å². The minimum atomic E-state index is -1.06. The van der Waals surface area contributed by atoms with E-state index < -0.39 is 5.97 Å². The number of rotatable bonds is 3. The average Bonchev–Trinajstić information content (AvgIpc) is 2.39. The number of nitrogens with zero attached hydrogens (tertiary/aromatic N) is 1. The summed E-state index contributed by atoms with van der Waals surface area (Å²) in [4.78, 5) is 15.0. The Balaban J connectivity index is 2.50. The number of pyridine rings is 1. The largest absolute Gasteiger partial charge is 0.495 e. The lowest BCUT2D eigenvalue weighted by Crippen LogP contribution is -1.97. The molecule has 0 amide bonds. The quantitative estimate of drug-likeness (QED) is 0.924. The predicted octanol–water partition coefficient (Wildman–Crippen LogP) is 3.11. The Morgan fingerprint density at radius 2 is 2.06 bits per heavy atom. The fraction of sp³-hybridized carbons (Fsp3) is 0.0769. The lowest BCUT2D eigenvalue weighted by Gasteiger charge is -2.06. The number of methoxy groups -OCH3 is 1. The minimum absolute atomic E-state index is 0.0667. The lowest BCUT2D eigenvalue weighted by molar-refractivity contribution is 0.0697. The van der Waals surface area contributed by atoms with Crippen molar-refractivity contribution in [1.29, 1.82) is 0 Å². The Kier molecular flexibility index (Phi) is 3.48. The number of hydrogen-bond donors (Lipinski definition) is 1. The fourth-order valence-corrected chi connectivity index (χ4v) is 1.76. The first-order chi connectivity index (χ1) is 8.61. The van der Waals surface area contributed by atoms with Gasteiger partial charge in [-0.1, -0.05) is 17.7 Å². The first kappa shape index (κ1) is 12.4. The van der Waals surface area contributed by atoms with Crippen LogP contribution in [0.25, 0.3) is 11.1 Å². The second kappa shape index (κ2) is 5.06. The van der Waals surface area contributed by atoms with Gasteiger partial charge in [-0.05, 0) is 23.8 Å². The number of ether oxygens (including phenoxy) is 1. The summed E-state index contributed by atoms with van der Waals surface area (Å²) >= 11 is 5.82. The number of hydrogen-bond acceptors (Lipinski definition) is 3. The molecule has 1 aromatic heterocycles. The van der Waals surface area contributed by atoms with Crippen LogP contribution in [0.4, 0.5) is 0 Å². The molecule has 4 nitrogen and oxygen atoms in total. The Bertz CT molecular complexity index is 599. The third kappa shape index (κ3) is 2.43. The van der Waals surface area contributed by atoms with Gasteiger partial charge in [0.1, 0.15) is 5.75 Å². The topological polar surface area (TPSA) is 59.4 Å². The molecule has 0 saturated heterocycles. The first-order valence-electron chi connectivity index (χ1n) is 5.14. The Hall–Kier alpha value is -2.07. The maximum absolute atomic E-state index is 11.0. The summed E-state index contributed by atoms with van der Waals surface area (Å²) in [6.07, 6.45) is 3.22. The van der Waals surface area contributed by atoms with E-state index in [9.17, 15) is 4.79 Å². The van der Waals surface area contributed by atoms with Crippen LogP contribution < -0.4 is 4.74 Å². The van der Waals surface area contributed by atoms with Crippen molar-refractivity contribution in [3.8, 4) is 16.9 Å². The van der Waals surface area contributed by atoms with E-state index in [1.807, 2.05) is 0 Å². The van der Waals surface area contributed by atoms with Crippen LogP contribution in [0.3, 0.4) is 0 Å². The summed E-state index contributed by atoms with van der Waals surface area (Å²) < 4.78 is 5.07. The van der Waals surface area contributed by atoms with Crippen LogP contribution in [-0.2, 0) is 0 Å². The highest BCUT2D eigenvalue weighted by molar-refractivity contribution is 6.33. The highest BCUT2D eigenvalue weighted by Gasteiger charge is 2.10. The molecule has 1 heterocycles. The molecule has 2 rings (SSSR count). The SMILES string of the molecule is COc1cncc(-c2ccc(Cl)c(C(=O)O)c2)c1. The van der Waals surface area contributed by atoms with Gasteiger partial charge < -0.3 is 9.84 Å². The predicted molar refractivity (Wildman–Crippen MR) is 68.2 cm³/mol. The van der Waals surface area contributed by atoms with E-state index in [1.54, 1.807) is 37.7 Å². The van der Waals surface area contributed by atoms with Gasteiger partial charge in [-0.3, -0.25) is 4.98 Å². The zero-order valence-electron chi connectivity index (χ0n) is 9.55. The molecule has 0 aliphatic heterocycles. The number of benzene rings is 1. The smallest absolute Gasteiger partial charge is 0.337 e. The summed E-state index contributed by atoms with van der Waals surface area (Å²) in [5, 5.41) is 9.22. The Morgan fingerprint density at radius 3 is 2.72 bits per heavy atom. The van der Waals surface area contributed by atoms with Gasteiger partial charge in [0.05, 0.1) is 23.9 Å². The molecule has 5 heteroatoms. The van der Waals surface area contributed by atoms with Crippen LogP contribution in [0.2, 0.25) is 5.02 Å². The normalized spacial score (nSPS) is 10.1. The summed E-state index contributed by atoms with van der Waals surface area (Å²) in [6.45, 7) is 0. The van der Waals surface area contributed by atoms with E-state index >= 15 is 0 Å². The summed E-state index contributed by atoms with van der Waals surface area (Å²) in [5.41, 5.74) is 1.56. The first-order valence-corrected chi connectivity index (χ1v) is 5.52. The molecule has 0 fully saturated rings. The summed E-state index contributed by atoms with van der Waals surface area (Å²) in [7, 11) is 1.55. The van der Waals surface area contributed by atoms with Crippen LogP contribution in [-0.4, -0.2) is 23.2 Å². The van der Waals surface area contributed by atoms with Crippen molar-refractivity contribution < 1.29 is 14.6 Å². The number of carboxylic acid groups (broad SMARTS) is 1. The van der Waals surface area contributed by atoms with Crippen LogP contribution in [0.15, 0.2) is 36.7 Å². The van der Waals surface area contributed by atoms with E-state index in [-0.39, 0.29) is 10.6 Å². The minimum Gasteiger partial charge on any atom is -0.495 e. The van der Waals surface area contributed by atoms with Crippen molar-refractivity contribution in [2.24, 2.45) is 0 Å². The number of halogens is 1. The molecule has 0 unspecified atom stereocenters. The van der Waals surface area contributed by atoms with Crippen molar-refractivity contribution in [3.63, 3.8) is 0 Å². The Morgan fingerprint density at radius 1 is 1.28 bits per heavy atom. The molecular formula is C13H10ClNO3. The van der Waals surface area contributed by atoms with Crippen LogP contribution in [0.5, 0.6) is 5.75 Å². The van der Waals surface area contributed by atoms with E-state index in [1.165, 1.54) is 6.07 Å². The molecule has 0 bridgehead atoms. The van der Waals surface area contributed by atoms with Crippen molar-refractivity contribution >= 4 is 17.6 Å². The molecule has 2 aromatic rings. The number of carboxylic acids is 1. The molecular weight excluding hydrogens is 254 g/mol. The van der Waals surface area contributed by atoms with Gasteiger partial charge in [-0.15, -0.1) is 0 Å². The summed E-state index contributed by atoms with van der Waals surface area (Å²) in [6, 6.07) is 6.59. The van der Waals surface area contributed by atoms with Crippen LogP contribution >= 0.6 is 11.6 Å². The highest BCUT2D eigenvalue weighted by atomic mass is 35.5.